The van der Waals surface area contributed by atoms with Crippen molar-refractivity contribution >= 4 is 28.4 Å². The number of carbonyl (C=O) groups excluding carboxylic acids is 2. The van der Waals surface area contributed by atoms with Crippen LogP contribution < -0.4 is 5.32 Å². The van der Waals surface area contributed by atoms with Crippen molar-refractivity contribution in [1.29, 1.82) is 0 Å². The standard InChI is InChI=1S/C17H19N3O3/c1-10-6-11-7-12(2-5-15(11)18-10)19-16(21)17(22)20-8-13-3-4-14(9-20)23-13/h2,5-7,13-14,18H,3-4,8-9H2,1H3,(H,19,21). The van der Waals surface area contributed by atoms with E-state index in [4.69, 9.17) is 4.74 Å². The smallest absolute Gasteiger partial charge is 0.313 e. The molecule has 0 aliphatic carbocycles. The van der Waals surface area contributed by atoms with Crippen LogP contribution >= 0.6 is 0 Å². The predicted molar refractivity (Wildman–Crippen MR) is 86.1 cm³/mol. The Morgan fingerprint density at radius 3 is 2.70 bits per heavy atom. The second-order valence-corrected chi connectivity index (χ2v) is 6.38. The monoisotopic (exact) mass is 313 g/mol. The molecule has 3 heterocycles. The first-order chi connectivity index (χ1) is 11.1. The quantitative estimate of drug-likeness (QED) is 0.789. The van der Waals surface area contributed by atoms with E-state index in [-0.39, 0.29) is 12.2 Å². The number of likely N-dealkylation sites (tertiary alicyclic amines) is 1. The van der Waals surface area contributed by atoms with Gasteiger partial charge in [-0.2, -0.15) is 0 Å². The summed E-state index contributed by atoms with van der Waals surface area (Å²) in [6.07, 6.45) is 2.12. The van der Waals surface area contributed by atoms with Crippen LogP contribution in [0, 0.1) is 6.92 Å². The van der Waals surface area contributed by atoms with Crippen LogP contribution in [0.1, 0.15) is 18.5 Å². The number of nitrogens with zero attached hydrogens (tertiary/aromatic N) is 1. The van der Waals surface area contributed by atoms with Gasteiger partial charge in [0.05, 0.1) is 12.2 Å². The molecule has 2 aliphatic rings. The minimum absolute atomic E-state index is 0.0877. The van der Waals surface area contributed by atoms with Crippen LogP contribution in [0.25, 0.3) is 10.9 Å². The summed E-state index contributed by atoms with van der Waals surface area (Å²) in [7, 11) is 0. The molecular formula is C17H19N3O3. The number of H-pyrrole nitrogens is 1. The highest BCUT2D eigenvalue weighted by Crippen LogP contribution is 2.26. The average molecular weight is 313 g/mol. The molecule has 0 saturated carbocycles. The topological polar surface area (TPSA) is 74.4 Å². The fraction of sp³-hybridized carbons (Fsp3) is 0.412. The molecule has 0 radical (unpaired) electrons. The molecule has 4 rings (SSSR count). The van der Waals surface area contributed by atoms with Crippen LogP contribution in [0.4, 0.5) is 5.69 Å². The average Bonchev–Trinajstić information content (AvgIpc) is 3.06. The van der Waals surface area contributed by atoms with Crippen molar-refractivity contribution in [2.24, 2.45) is 0 Å². The fourth-order valence-electron chi connectivity index (χ4n) is 3.46. The second-order valence-electron chi connectivity index (χ2n) is 6.38. The van der Waals surface area contributed by atoms with Gasteiger partial charge in [-0.3, -0.25) is 9.59 Å². The minimum atomic E-state index is -0.585. The van der Waals surface area contributed by atoms with Gasteiger partial charge < -0.3 is 19.9 Å². The largest absolute Gasteiger partial charge is 0.371 e. The Labute approximate surface area is 133 Å². The number of aromatic amines is 1. The molecule has 2 fully saturated rings. The highest BCUT2D eigenvalue weighted by atomic mass is 16.5. The first-order valence-corrected chi connectivity index (χ1v) is 7.93. The maximum atomic E-state index is 12.3. The summed E-state index contributed by atoms with van der Waals surface area (Å²) in [4.78, 5) is 29.4. The number of anilines is 1. The van der Waals surface area contributed by atoms with Crippen molar-refractivity contribution in [3.05, 3.63) is 30.0 Å². The summed E-state index contributed by atoms with van der Waals surface area (Å²) in [5.74, 6) is -1.06. The summed E-state index contributed by atoms with van der Waals surface area (Å²) in [5, 5.41) is 3.72. The molecule has 2 amide bonds. The second kappa shape index (κ2) is 5.38. The lowest BCUT2D eigenvalue weighted by atomic mass is 10.2. The Hall–Kier alpha value is -2.34. The van der Waals surface area contributed by atoms with E-state index in [9.17, 15) is 9.59 Å². The molecule has 2 atom stereocenters. The normalized spacial score (nSPS) is 23.3. The SMILES string of the molecule is Cc1cc2cc(NC(=O)C(=O)N3CC4CCC(C3)O4)ccc2[nH]1. The molecule has 1 aromatic carbocycles. The van der Waals surface area contributed by atoms with Gasteiger partial charge in [0.1, 0.15) is 0 Å². The van der Waals surface area contributed by atoms with Crippen LogP contribution in [0.5, 0.6) is 0 Å². The molecule has 120 valence electrons. The predicted octanol–water partition coefficient (Wildman–Crippen LogP) is 1.80. The lowest BCUT2D eigenvalue weighted by Crippen LogP contribution is -2.49. The van der Waals surface area contributed by atoms with Crippen molar-refractivity contribution in [2.45, 2.75) is 32.0 Å². The zero-order chi connectivity index (χ0) is 16.0. The number of carbonyl (C=O) groups is 2. The van der Waals surface area contributed by atoms with Crippen molar-refractivity contribution in [3.8, 4) is 0 Å². The summed E-state index contributed by atoms with van der Waals surface area (Å²) >= 11 is 0. The van der Waals surface area contributed by atoms with Crippen LogP contribution in [0.2, 0.25) is 0 Å². The van der Waals surface area contributed by atoms with E-state index >= 15 is 0 Å². The zero-order valence-electron chi connectivity index (χ0n) is 13.0. The lowest BCUT2D eigenvalue weighted by molar-refractivity contribution is -0.148. The number of aromatic nitrogens is 1. The Bertz CT molecular complexity index is 770. The van der Waals surface area contributed by atoms with Gasteiger partial charge >= 0.3 is 11.8 Å². The summed E-state index contributed by atoms with van der Waals surface area (Å²) in [6, 6.07) is 7.57. The van der Waals surface area contributed by atoms with E-state index < -0.39 is 11.8 Å². The maximum absolute atomic E-state index is 12.3. The van der Waals surface area contributed by atoms with E-state index in [0.717, 1.165) is 29.4 Å². The van der Waals surface area contributed by atoms with Gasteiger partial charge in [-0.15, -0.1) is 0 Å². The van der Waals surface area contributed by atoms with Gasteiger partial charge in [0, 0.05) is 35.4 Å². The minimum Gasteiger partial charge on any atom is -0.371 e. The number of hydrogen-bond donors (Lipinski definition) is 2. The van der Waals surface area contributed by atoms with E-state index in [2.05, 4.69) is 10.3 Å². The van der Waals surface area contributed by atoms with Crippen LogP contribution in [-0.4, -0.2) is 47.0 Å². The number of amides is 2. The molecule has 0 spiro atoms. The first-order valence-electron chi connectivity index (χ1n) is 7.93. The number of ether oxygens (including phenoxy) is 1. The third-order valence-corrected chi connectivity index (χ3v) is 4.54. The summed E-state index contributed by atoms with van der Waals surface area (Å²) in [6.45, 7) is 3.01. The molecule has 2 aliphatic heterocycles. The first kappa shape index (κ1) is 14.3. The Morgan fingerprint density at radius 2 is 1.96 bits per heavy atom. The summed E-state index contributed by atoms with van der Waals surface area (Å²) in [5.41, 5.74) is 2.70. The molecule has 2 N–H and O–H groups in total. The van der Waals surface area contributed by atoms with Crippen molar-refractivity contribution in [2.75, 3.05) is 18.4 Å². The molecule has 6 nitrogen and oxygen atoms in total. The molecule has 2 unspecified atom stereocenters. The van der Waals surface area contributed by atoms with E-state index in [1.165, 1.54) is 0 Å². The van der Waals surface area contributed by atoms with E-state index in [0.29, 0.717) is 18.8 Å². The van der Waals surface area contributed by atoms with Crippen molar-refractivity contribution in [1.82, 2.24) is 9.88 Å². The van der Waals surface area contributed by atoms with Gasteiger partial charge in [0.15, 0.2) is 0 Å². The van der Waals surface area contributed by atoms with Crippen LogP contribution in [-0.2, 0) is 14.3 Å². The molecular weight excluding hydrogens is 294 g/mol. The van der Waals surface area contributed by atoms with Crippen LogP contribution in [0.3, 0.4) is 0 Å². The van der Waals surface area contributed by atoms with Gasteiger partial charge in [-0.25, -0.2) is 0 Å². The van der Waals surface area contributed by atoms with Gasteiger partial charge in [-0.1, -0.05) is 0 Å². The molecule has 2 saturated heterocycles. The number of benzene rings is 1. The molecule has 2 bridgehead atoms. The van der Waals surface area contributed by atoms with E-state index in [1.807, 2.05) is 25.1 Å². The number of fused-ring (bicyclic) bond motifs is 3. The highest BCUT2D eigenvalue weighted by molar-refractivity contribution is 6.39. The number of nitrogens with one attached hydrogen (secondary N) is 2. The number of morpholine rings is 1. The molecule has 23 heavy (non-hydrogen) atoms. The third kappa shape index (κ3) is 2.70. The van der Waals surface area contributed by atoms with Gasteiger partial charge in [0.2, 0.25) is 0 Å². The van der Waals surface area contributed by atoms with Crippen molar-refractivity contribution in [3.63, 3.8) is 0 Å². The maximum Gasteiger partial charge on any atom is 0.313 e. The molecule has 2 aromatic rings. The Balaban J connectivity index is 1.46. The zero-order valence-corrected chi connectivity index (χ0v) is 13.0. The van der Waals surface area contributed by atoms with Gasteiger partial charge in [0.25, 0.3) is 0 Å². The van der Waals surface area contributed by atoms with Gasteiger partial charge in [-0.05, 0) is 44.0 Å². The van der Waals surface area contributed by atoms with Crippen molar-refractivity contribution < 1.29 is 14.3 Å². The molecule has 1 aromatic heterocycles. The lowest BCUT2D eigenvalue weighted by Gasteiger charge is -2.31. The Morgan fingerprint density at radius 1 is 1.22 bits per heavy atom. The third-order valence-electron chi connectivity index (χ3n) is 4.54. The fourth-order valence-corrected chi connectivity index (χ4v) is 3.46. The number of rotatable bonds is 1. The Kier molecular flexibility index (Phi) is 3.34. The van der Waals surface area contributed by atoms with Crippen LogP contribution in [0.15, 0.2) is 24.3 Å². The number of aryl methyl sites for hydroxylation is 1. The van der Waals surface area contributed by atoms with E-state index in [1.54, 1.807) is 11.0 Å². The number of hydrogen-bond acceptors (Lipinski definition) is 3. The molecule has 6 heteroatoms. The summed E-state index contributed by atoms with van der Waals surface area (Å²) < 4.78 is 5.70. The highest BCUT2D eigenvalue weighted by Gasteiger charge is 2.37.